The van der Waals surface area contributed by atoms with Gasteiger partial charge in [0, 0.05) is 11.3 Å². The van der Waals surface area contributed by atoms with Crippen molar-refractivity contribution < 1.29 is 9.84 Å². The summed E-state index contributed by atoms with van der Waals surface area (Å²) in [4.78, 5) is 0. The fourth-order valence-electron chi connectivity index (χ4n) is 2.50. The van der Waals surface area contributed by atoms with Crippen LogP contribution in [-0.2, 0) is 0 Å². The van der Waals surface area contributed by atoms with Gasteiger partial charge < -0.3 is 15.6 Å². The molecule has 0 aliphatic rings. The monoisotopic (exact) mass is 259 g/mol. The Balaban J connectivity index is 2.55. The Kier molecular flexibility index (Phi) is 4.40. The Morgan fingerprint density at radius 1 is 1.16 bits per heavy atom. The Labute approximate surface area is 114 Å². The third kappa shape index (κ3) is 2.57. The molecule has 2 rings (SSSR count). The molecule has 3 N–H and O–H groups in total. The Bertz CT molecular complexity index is 549. The van der Waals surface area contributed by atoms with Crippen LogP contribution in [0.4, 0.5) is 0 Å². The summed E-state index contributed by atoms with van der Waals surface area (Å²) in [5.74, 6) is 0.907. The van der Waals surface area contributed by atoms with Crippen molar-refractivity contribution in [3.8, 4) is 5.75 Å². The van der Waals surface area contributed by atoms with Gasteiger partial charge in [-0.3, -0.25) is 0 Å². The van der Waals surface area contributed by atoms with Gasteiger partial charge in [-0.2, -0.15) is 0 Å². The molecule has 0 amide bonds. The number of ether oxygens (including phenoxy) is 1. The molecule has 2 aromatic rings. The zero-order chi connectivity index (χ0) is 13.8. The second-order valence-corrected chi connectivity index (χ2v) is 4.75. The average Bonchev–Trinajstić information content (AvgIpc) is 2.47. The third-order valence-electron chi connectivity index (χ3n) is 3.73. The van der Waals surface area contributed by atoms with Crippen LogP contribution in [0.3, 0.4) is 0 Å². The van der Waals surface area contributed by atoms with Crippen molar-refractivity contribution in [1.29, 1.82) is 0 Å². The maximum absolute atomic E-state index is 10.5. The second kappa shape index (κ2) is 6.04. The molecule has 2 atom stereocenters. The molecule has 0 aliphatic carbocycles. The molecule has 0 aliphatic heterocycles. The van der Waals surface area contributed by atoms with E-state index in [2.05, 4.69) is 0 Å². The first-order valence-electron chi connectivity index (χ1n) is 6.66. The minimum absolute atomic E-state index is 0.0804. The van der Waals surface area contributed by atoms with Crippen LogP contribution in [0.25, 0.3) is 10.8 Å². The predicted octanol–water partition coefficient (Wildman–Crippen LogP) is 2.87. The van der Waals surface area contributed by atoms with Gasteiger partial charge >= 0.3 is 0 Å². The molecule has 0 bridgehead atoms. The highest BCUT2D eigenvalue weighted by molar-refractivity contribution is 5.91. The van der Waals surface area contributed by atoms with Gasteiger partial charge in [-0.15, -0.1) is 0 Å². The molecule has 0 saturated carbocycles. The summed E-state index contributed by atoms with van der Waals surface area (Å²) in [6.45, 7) is 2.53. The largest absolute Gasteiger partial charge is 0.496 e. The van der Waals surface area contributed by atoms with Crippen molar-refractivity contribution in [3.05, 3.63) is 42.0 Å². The van der Waals surface area contributed by atoms with E-state index in [1.54, 1.807) is 7.11 Å². The molecule has 0 spiro atoms. The number of hydrogen-bond acceptors (Lipinski definition) is 3. The molecule has 0 saturated heterocycles. The maximum atomic E-state index is 10.5. The van der Waals surface area contributed by atoms with E-state index in [4.69, 9.17) is 10.5 Å². The molecule has 0 aromatic heterocycles. The number of hydrogen-bond donors (Lipinski definition) is 2. The molecular formula is C16H21NO2. The highest BCUT2D eigenvalue weighted by Crippen LogP contribution is 2.34. The van der Waals surface area contributed by atoms with Crippen LogP contribution in [0, 0.1) is 5.92 Å². The summed E-state index contributed by atoms with van der Waals surface area (Å²) in [5, 5.41) is 12.6. The lowest BCUT2D eigenvalue weighted by Gasteiger charge is -2.22. The third-order valence-corrected chi connectivity index (χ3v) is 3.73. The lowest BCUT2D eigenvalue weighted by Crippen LogP contribution is -2.21. The van der Waals surface area contributed by atoms with E-state index in [1.807, 2.05) is 43.3 Å². The summed E-state index contributed by atoms with van der Waals surface area (Å²) in [5.41, 5.74) is 6.66. The SMILES string of the molecule is CCC(CN)C(O)c1ccc(OC)c2ccccc12. The van der Waals surface area contributed by atoms with Gasteiger partial charge in [0.1, 0.15) is 5.75 Å². The number of methoxy groups -OCH3 is 1. The van der Waals surface area contributed by atoms with Gasteiger partial charge in [0.05, 0.1) is 13.2 Å². The Hall–Kier alpha value is -1.58. The molecule has 0 radical (unpaired) electrons. The minimum Gasteiger partial charge on any atom is -0.496 e. The second-order valence-electron chi connectivity index (χ2n) is 4.75. The lowest BCUT2D eigenvalue weighted by atomic mass is 9.90. The van der Waals surface area contributed by atoms with Crippen molar-refractivity contribution >= 4 is 10.8 Å². The lowest BCUT2D eigenvalue weighted by molar-refractivity contribution is 0.111. The van der Waals surface area contributed by atoms with E-state index in [9.17, 15) is 5.11 Å². The first-order chi connectivity index (χ1) is 9.22. The van der Waals surface area contributed by atoms with Crippen LogP contribution >= 0.6 is 0 Å². The number of benzene rings is 2. The summed E-state index contributed by atoms with van der Waals surface area (Å²) < 4.78 is 5.37. The van der Waals surface area contributed by atoms with E-state index >= 15 is 0 Å². The van der Waals surface area contributed by atoms with E-state index in [1.165, 1.54) is 0 Å². The molecular weight excluding hydrogens is 238 g/mol. The molecule has 0 heterocycles. The smallest absolute Gasteiger partial charge is 0.126 e. The fourth-order valence-corrected chi connectivity index (χ4v) is 2.50. The summed E-state index contributed by atoms with van der Waals surface area (Å²) in [6.07, 6.45) is 0.323. The number of fused-ring (bicyclic) bond motifs is 1. The van der Waals surface area contributed by atoms with E-state index < -0.39 is 6.10 Å². The summed E-state index contributed by atoms with van der Waals surface area (Å²) >= 11 is 0. The molecule has 2 unspecified atom stereocenters. The van der Waals surface area contributed by atoms with Crippen molar-refractivity contribution in [1.82, 2.24) is 0 Å². The standard InChI is InChI=1S/C16H21NO2/c1-3-11(10-17)16(18)14-8-9-15(19-2)13-7-5-4-6-12(13)14/h4-9,11,16,18H,3,10,17H2,1-2H3. The number of aliphatic hydroxyl groups is 1. The van der Waals surface area contributed by atoms with Crippen molar-refractivity contribution in [3.63, 3.8) is 0 Å². The van der Waals surface area contributed by atoms with E-state index in [0.29, 0.717) is 6.54 Å². The number of aliphatic hydroxyl groups excluding tert-OH is 1. The van der Waals surface area contributed by atoms with Crippen LogP contribution < -0.4 is 10.5 Å². The van der Waals surface area contributed by atoms with E-state index in [-0.39, 0.29) is 5.92 Å². The van der Waals surface area contributed by atoms with Crippen LogP contribution in [0.2, 0.25) is 0 Å². The van der Waals surface area contributed by atoms with Crippen LogP contribution in [0.1, 0.15) is 25.0 Å². The Morgan fingerprint density at radius 2 is 1.84 bits per heavy atom. The van der Waals surface area contributed by atoms with Crippen molar-refractivity contribution in [2.75, 3.05) is 13.7 Å². The molecule has 2 aromatic carbocycles. The van der Waals surface area contributed by atoms with Gasteiger partial charge in [-0.05, 0) is 30.0 Å². The zero-order valence-electron chi connectivity index (χ0n) is 11.5. The quantitative estimate of drug-likeness (QED) is 0.868. The van der Waals surface area contributed by atoms with Gasteiger partial charge in [0.2, 0.25) is 0 Å². The minimum atomic E-state index is -0.536. The molecule has 3 nitrogen and oxygen atoms in total. The zero-order valence-corrected chi connectivity index (χ0v) is 11.5. The van der Waals surface area contributed by atoms with Gasteiger partial charge in [-0.1, -0.05) is 37.3 Å². The number of rotatable bonds is 5. The summed E-state index contributed by atoms with van der Waals surface area (Å²) in [7, 11) is 1.66. The van der Waals surface area contributed by atoms with Crippen molar-refractivity contribution in [2.24, 2.45) is 11.7 Å². The Morgan fingerprint density at radius 3 is 2.42 bits per heavy atom. The van der Waals surface area contributed by atoms with Crippen LogP contribution in [-0.4, -0.2) is 18.8 Å². The van der Waals surface area contributed by atoms with Crippen LogP contribution in [0.5, 0.6) is 5.75 Å². The first kappa shape index (κ1) is 13.8. The van der Waals surface area contributed by atoms with Crippen molar-refractivity contribution in [2.45, 2.75) is 19.4 Å². The van der Waals surface area contributed by atoms with Crippen LogP contribution in [0.15, 0.2) is 36.4 Å². The fraction of sp³-hybridized carbons (Fsp3) is 0.375. The van der Waals surface area contributed by atoms with Gasteiger partial charge in [0.25, 0.3) is 0 Å². The van der Waals surface area contributed by atoms with Gasteiger partial charge in [-0.25, -0.2) is 0 Å². The van der Waals surface area contributed by atoms with E-state index in [0.717, 1.165) is 28.5 Å². The number of nitrogens with two attached hydrogens (primary N) is 1. The predicted molar refractivity (Wildman–Crippen MR) is 78.3 cm³/mol. The normalized spacial score (nSPS) is 14.3. The molecule has 3 heteroatoms. The summed E-state index contributed by atoms with van der Waals surface area (Å²) in [6, 6.07) is 11.8. The maximum Gasteiger partial charge on any atom is 0.126 e. The molecule has 19 heavy (non-hydrogen) atoms. The highest BCUT2D eigenvalue weighted by atomic mass is 16.5. The molecule has 102 valence electrons. The average molecular weight is 259 g/mol. The van der Waals surface area contributed by atoms with Gasteiger partial charge in [0.15, 0.2) is 0 Å². The topological polar surface area (TPSA) is 55.5 Å². The molecule has 0 fully saturated rings. The highest BCUT2D eigenvalue weighted by Gasteiger charge is 2.20. The first-order valence-corrected chi connectivity index (χ1v) is 6.66.